The first kappa shape index (κ1) is 17.1. The Balaban J connectivity index is 2.13. The number of pyridine rings is 1. The van der Waals surface area contributed by atoms with Gasteiger partial charge in [0.2, 0.25) is 0 Å². The molecule has 0 saturated carbocycles. The number of hydrogen-bond acceptors (Lipinski definition) is 4. The van der Waals surface area contributed by atoms with Crippen molar-refractivity contribution < 1.29 is 9.59 Å². The molecule has 1 saturated heterocycles. The summed E-state index contributed by atoms with van der Waals surface area (Å²) in [4.78, 5) is 31.8. The number of carbonyl (C=O) groups is 2. The van der Waals surface area contributed by atoms with Crippen molar-refractivity contribution >= 4 is 17.8 Å². The van der Waals surface area contributed by atoms with Crippen LogP contribution >= 0.6 is 0 Å². The van der Waals surface area contributed by atoms with Gasteiger partial charge in [-0.1, -0.05) is 13.8 Å². The molecule has 0 aliphatic carbocycles. The fourth-order valence-electron chi connectivity index (χ4n) is 2.87. The van der Waals surface area contributed by atoms with Gasteiger partial charge in [-0.05, 0) is 18.1 Å². The topological polar surface area (TPSA) is 91.6 Å². The maximum absolute atomic E-state index is 12.7. The molecule has 7 nitrogen and oxygen atoms in total. The molecule has 1 aliphatic heterocycles. The Kier molecular flexibility index (Phi) is 5.08. The third-order valence-corrected chi connectivity index (χ3v) is 4.25. The Morgan fingerprint density at radius 3 is 2.65 bits per heavy atom. The van der Waals surface area contributed by atoms with E-state index >= 15 is 0 Å². The summed E-state index contributed by atoms with van der Waals surface area (Å²) in [6, 6.07) is 3.06. The number of nitrogens with zero attached hydrogens (tertiary/aromatic N) is 3. The number of likely N-dealkylation sites (tertiary alicyclic amines) is 1. The largest absolute Gasteiger partial charge is 0.384 e. The van der Waals surface area contributed by atoms with Crippen molar-refractivity contribution in [2.75, 3.05) is 32.9 Å². The highest BCUT2D eigenvalue weighted by atomic mass is 16.2. The number of carbonyl (C=O) groups excluding carboxylic acids is 2. The SMILES string of the molecule is CC(C)[C@@H]1CN(C(=O)c2ccnc(N)c2)C[C@H]1NC(=O)N(C)C. The van der Waals surface area contributed by atoms with Crippen molar-refractivity contribution in [3.05, 3.63) is 23.9 Å². The molecule has 2 atom stereocenters. The van der Waals surface area contributed by atoms with E-state index in [0.29, 0.717) is 30.4 Å². The number of rotatable bonds is 3. The standard InChI is InChI=1S/C16H25N5O2/c1-10(2)12-8-21(9-13(12)19-16(23)20(3)4)15(22)11-5-6-18-14(17)7-11/h5-7,10,12-13H,8-9H2,1-4H3,(H2,17,18)(H,19,23)/t12-,13+/m0/s1. The van der Waals surface area contributed by atoms with E-state index in [1.807, 2.05) is 0 Å². The van der Waals surface area contributed by atoms with Crippen molar-refractivity contribution in [1.29, 1.82) is 0 Å². The smallest absolute Gasteiger partial charge is 0.317 e. The minimum absolute atomic E-state index is 0.0481. The summed E-state index contributed by atoms with van der Waals surface area (Å²) >= 11 is 0. The number of nitrogens with two attached hydrogens (primary N) is 1. The van der Waals surface area contributed by atoms with Crippen LogP contribution in [0.5, 0.6) is 0 Å². The zero-order chi connectivity index (χ0) is 17.1. The minimum Gasteiger partial charge on any atom is -0.384 e. The Bertz CT molecular complexity index is 588. The van der Waals surface area contributed by atoms with Gasteiger partial charge in [-0.15, -0.1) is 0 Å². The maximum atomic E-state index is 12.7. The lowest BCUT2D eigenvalue weighted by molar-refractivity contribution is 0.0782. The van der Waals surface area contributed by atoms with Gasteiger partial charge in [0.25, 0.3) is 5.91 Å². The molecule has 0 unspecified atom stereocenters. The van der Waals surface area contributed by atoms with Crippen LogP contribution in [-0.4, -0.2) is 59.9 Å². The van der Waals surface area contributed by atoms with Crippen molar-refractivity contribution in [2.45, 2.75) is 19.9 Å². The van der Waals surface area contributed by atoms with Gasteiger partial charge in [-0.25, -0.2) is 9.78 Å². The van der Waals surface area contributed by atoms with Gasteiger partial charge >= 0.3 is 6.03 Å². The summed E-state index contributed by atoms with van der Waals surface area (Å²) in [6.07, 6.45) is 1.53. The van der Waals surface area contributed by atoms with Crippen LogP contribution in [0.15, 0.2) is 18.3 Å². The first-order chi connectivity index (χ1) is 10.8. The molecule has 0 radical (unpaired) electrons. The average molecular weight is 319 g/mol. The van der Waals surface area contributed by atoms with Gasteiger partial charge in [0.05, 0.1) is 6.04 Å². The average Bonchev–Trinajstić information content (AvgIpc) is 2.90. The van der Waals surface area contributed by atoms with E-state index in [2.05, 4.69) is 24.1 Å². The third kappa shape index (κ3) is 3.91. The molecule has 2 heterocycles. The highest BCUT2D eigenvalue weighted by Crippen LogP contribution is 2.26. The summed E-state index contributed by atoms with van der Waals surface area (Å²) in [5.41, 5.74) is 6.18. The molecule has 7 heteroatoms. The fourth-order valence-corrected chi connectivity index (χ4v) is 2.87. The Labute approximate surface area is 136 Å². The summed E-state index contributed by atoms with van der Waals surface area (Å²) in [6.45, 7) is 5.34. The molecular weight excluding hydrogens is 294 g/mol. The molecule has 0 bridgehead atoms. The molecule has 2 rings (SSSR count). The Morgan fingerprint density at radius 2 is 2.09 bits per heavy atom. The van der Waals surface area contributed by atoms with Crippen molar-refractivity contribution in [2.24, 2.45) is 11.8 Å². The molecule has 1 aromatic rings. The number of nitrogen functional groups attached to an aromatic ring is 1. The number of nitrogens with one attached hydrogen (secondary N) is 1. The van der Waals surface area contributed by atoms with Crippen molar-refractivity contribution in [3.63, 3.8) is 0 Å². The molecule has 0 spiro atoms. The van der Waals surface area contributed by atoms with E-state index in [1.165, 1.54) is 11.1 Å². The number of amides is 3. The van der Waals surface area contributed by atoms with Crippen LogP contribution in [0.3, 0.4) is 0 Å². The quantitative estimate of drug-likeness (QED) is 0.870. The zero-order valence-electron chi connectivity index (χ0n) is 14.1. The zero-order valence-corrected chi connectivity index (χ0v) is 14.1. The minimum atomic E-state index is -0.136. The highest BCUT2D eigenvalue weighted by molar-refractivity contribution is 5.95. The van der Waals surface area contributed by atoms with E-state index in [0.717, 1.165) is 0 Å². The molecular formula is C16H25N5O2. The van der Waals surface area contributed by atoms with E-state index in [1.54, 1.807) is 31.1 Å². The summed E-state index contributed by atoms with van der Waals surface area (Å²) in [5.74, 6) is 0.837. The lowest BCUT2D eigenvalue weighted by Gasteiger charge is -2.24. The van der Waals surface area contributed by atoms with Crippen LogP contribution in [0, 0.1) is 11.8 Å². The predicted molar refractivity (Wildman–Crippen MR) is 88.9 cm³/mol. The van der Waals surface area contributed by atoms with Crippen LogP contribution in [-0.2, 0) is 0 Å². The monoisotopic (exact) mass is 319 g/mol. The molecule has 126 valence electrons. The van der Waals surface area contributed by atoms with Crippen LogP contribution in [0.4, 0.5) is 10.6 Å². The highest BCUT2D eigenvalue weighted by Gasteiger charge is 2.38. The normalized spacial score (nSPS) is 20.7. The molecule has 3 amide bonds. The van der Waals surface area contributed by atoms with E-state index in [-0.39, 0.29) is 23.9 Å². The van der Waals surface area contributed by atoms with E-state index in [4.69, 9.17) is 5.73 Å². The van der Waals surface area contributed by atoms with E-state index in [9.17, 15) is 9.59 Å². The fraction of sp³-hybridized carbons (Fsp3) is 0.562. The van der Waals surface area contributed by atoms with Gasteiger partial charge in [0.1, 0.15) is 5.82 Å². The lowest BCUT2D eigenvalue weighted by Crippen LogP contribution is -2.46. The third-order valence-electron chi connectivity index (χ3n) is 4.25. The number of anilines is 1. The van der Waals surface area contributed by atoms with Gasteiger partial charge < -0.3 is 20.9 Å². The molecule has 1 aromatic heterocycles. The van der Waals surface area contributed by atoms with Gasteiger partial charge in [0.15, 0.2) is 0 Å². The van der Waals surface area contributed by atoms with E-state index < -0.39 is 0 Å². The van der Waals surface area contributed by atoms with Gasteiger partial charge in [-0.2, -0.15) is 0 Å². The second-order valence-electron chi connectivity index (χ2n) is 6.54. The Morgan fingerprint density at radius 1 is 1.39 bits per heavy atom. The van der Waals surface area contributed by atoms with Gasteiger partial charge in [-0.3, -0.25) is 4.79 Å². The first-order valence-electron chi connectivity index (χ1n) is 7.78. The van der Waals surface area contributed by atoms with Crippen LogP contribution in [0.1, 0.15) is 24.2 Å². The van der Waals surface area contributed by atoms with Crippen LogP contribution in [0.2, 0.25) is 0 Å². The number of hydrogen-bond donors (Lipinski definition) is 2. The molecule has 23 heavy (non-hydrogen) atoms. The molecule has 1 aliphatic rings. The predicted octanol–water partition coefficient (Wildman–Crippen LogP) is 1.03. The lowest BCUT2D eigenvalue weighted by atomic mass is 9.91. The van der Waals surface area contributed by atoms with Gasteiger partial charge in [0, 0.05) is 44.9 Å². The number of urea groups is 1. The summed E-state index contributed by atoms with van der Waals surface area (Å²) in [7, 11) is 3.41. The maximum Gasteiger partial charge on any atom is 0.317 e. The second-order valence-corrected chi connectivity index (χ2v) is 6.54. The van der Waals surface area contributed by atoms with Crippen molar-refractivity contribution in [1.82, 2.24) is 20.1 Å². The molecule has 3 N–H and O–H groups in total. The first-order valence-corrected chi connectivity index (χ1v) is 7.78. The van der Waals surface area contributed by atoms with Crippen molar-refractivity contribution in [3.8, 4) is 0 Å². The molecule has 1 fully saturated rings. The number of aromatic nitrogens is 1. The molecule has 0 aromatic carbocycles. The van der Waals surface area contributed by atoms with Crippen LogP contribution < -0.4 is 11.1 Å². The second kappa shape index (κ2) is 6.85. The summed E-state index contributed by atoms with van der Waals surface area (Å²) < 4.78 is 0. The Hall–Kier alpha value is -2.31. The van der Waals surface area contributed by atoms with Crippen LogP contribution in [0.25, 0.3) is 0 Å². The summed E-state index contributed by atoms with van der Waals surface area (Å²) in [5, 5.41) is 3.01.